The number of esters is 1. The van der Waals surface area contributed by atoms with Crippen LogP contribution in [0.25, 0.3) is 0 Å². The number of anilines is 2. The van der Waals surface area contributed by atoms with E-state index in [2.05, 4.69) is 15.5 Å². The number of nitrogens with one attached hydrogen (secondary N) is 2. The van der Waals surface area contributed by atoms with Gasteiger partial charge in [0.25, 0.3) is 0 Å². The van der Waals surface area contributed by atoms with Crippen LogP contribution in [0.5, 0.6) is 5.75 Å². The van der Waals surface area contributed by atoms with Gasteiger partial charge in [0, 0.05) is 12.2 Å². The van der Waals surface area contributed by atoms with E-state index in [4.69, 9.17) is 26.8 Å². The number of urea groups is 1. The van der Waals surface area contributed by atoms with Crippen molar-refractivity contribution in [2.45, 2.75) is 18.9 Å². The van der Waals surface area contributed by atoms with Crippen LogP contribution < -0.4 is 21.1 Å². The third-order valence-corrected chi connectivity index (χ3v) is 6.08. The van der Waals surface area contributed by atoms with Gasteiger partial charge in [0.15, 0.2) is 0 Å². The number of nitrogens with zero attached hydrogens (tertiary/aromatic N) is 1. The van der Waals surface area contributed by atoms with Crippen molar-refractivity contribution in [2.75, 3.05) is 51.0 Å². The lowest BCUT2D eigenvalue weighted by Crippen LogP contribution is -2.49. The number of hydrogen-bond donors (Lipinski definition) is 4. The van der Waals surface area contributed by atoms with Crippen molar-refractivity contribution in [1.29, 1.82) is 0 Å². The van der Waals surface area contributed by atoms with Crippen LogP contribution in [0.15, 0.2) is 42.5 Å². The Morgan fingerprint density at radius 3 is 2.59 bits per heavy atom. The molecule has 1 heterocycles. The Kier molecular flexibility index (Phi) is 9.38. The molecule has 1 aliphatic rings. The second kappa shape index (κ2) is 12.5. The zero-order chi connectivity index (χ0) is 24.5. The molecule has 34 heavy (non-hydrogen) atoms. The molecule has 2 amide bonds. The number of carbonyl (C=O) groups excluding carboxylic acids is 2. The number of aliphatic hydroxyl groups is 1. The third kappa shape index (κ3) is 7.24. The number of halogens is 1. The number of likely N-dealkylation sites (tertiary alicyclic amines) is 1. The third-order valence-electron chi connectivity index (χ3n) is 5.77. The van der Waals surface area contributed by atoms with Gasteiger partial charge in [-0.1, -0.05) is 29.8 Å². The highest BCUT2D eigenvalue weighted by Crippen LogP contribution is 2.31. The fourth-order valence-electron chi connectivity index (χ4n) is 3.83. The average molecular weight is 491 g/mol. The highest BCUT2D eigenvalue weighted by molar-refractivity contribution is 6.33. The number of piperidine rings is 1. The van der Waals surface area contributed by atoms with E-state index in [-0.39, 0.29) is 35.3 Å². The van der Waals surface area contributed by atoms with Gasteiger partial charge < -0.3 is 35.8 Å². The molecular weight excluding hydrogens is 460 g/mol. The van der Waals surface area contributed by atoms with Crippen LogP contribution in [0.2, 0.25) is 5.02 Å². The Morgan fingerprint density at radius 2 is 1.94 bits per heavy atom. The summed E-state index contributed by atoms with van der Waals surface area (Å²) in [7, 11) is 1.46. The smallest absolute Gasteiger partial charge is 0.338 e. The lowest BCUT2D eigenvalue weighted by atomic mass is 9.97. The molecule has 1 atom stereocenters. The van der Waals surface area contributed by atoms with Gasteiger partial charge in [0.05, 0.1) is 42.6 Å². The average Bonchev–Trinajstić information content (AvgIpc) is 2.85. The first-order chi connectivity index (χ1) is 16.4. The summed E-state index contributed by atoms with van der Waals surface area (Å²) in [5.74, 6) is 0.0853. The molecular formula is C24H31ClN4O5. The zero-order valence-electron chi connectivity index (χ0n) is 19.1. The number of hydrogen-bond acceptors (Lipinski definition) is 7. The number of carbonyl (C=O) groups is 2. The van der Waals surface area contributed by atoms with E-state index in [1.54, 1.807) is 12.1 Å². The number of para-hydroxylation sites is 1. The predicted molar refractivity (Wildman–Crippen MR) is 131 cm³/mol. The van der Waals surface area contributed by atoms with Crippen molar-refractivity contribution < 1.29 is 24.2 Å². The highest BCUT2D eigenvalue weighted by atomic mass is 35.5. The number of ether oxygens (including phenoxy) is 2. The van der Waals surface area contributed by atoms with E-state index < -0.39 is 5.97 Å². The molecule has 5 N–H and O–H groups in total. The quantitative estimate of drug-likeness (QED) is 0.314. The minimum atomic E-state index is -0.475. The SMILES string of the molecule is COc1cc(C(=O)OCC2CCN(C[C@@H](CO)NC(=O)Nc3ccccc3)CC2)cc(Cl)c1N. The standard InChI is InChI=1S/C24H31ClN4O5/c1-33-21-12-17(11-20(25)22(21)26)23(31)34-15-16-7-9-29(10-8-16)13-19(14-30)28-24(32)27-18-5-3-2-4-6-18/h2-6,11-12,16,19,30H,7-10,13-15,26H2,1H3,(H2,27,28,32)/t19-/m0/s1. The van der Waals surface area contributed by atoms with Crippen molar-refractivity contribution in [3.05, 3.63) is 53.1 Å². The zero-order valence-corrected chi connectivity index (χ0v) is 19.9. The van der Waals surface area contributed by atoms with E-state index in [1.165, 1.54) is 19.2 Å². The molecule has 1 fully saturated rings. The van der Waals surface area contributed by atoms with Crippen molar-refractivity contribution in [1.82, 2.24) is 10.2 Å². The van der Waals surface area contributed by atoms with Gasteiger partial charge >= 0.3 is 12.0 Å². The fraction of sp³-hybridized carbons (Fsp3) is 0.417. The summed E-state index contributed by atoms with van der Waals surface area (Å²) in [6.07, 6.45) is 1.68. The predicted octanol–water partition coefficient (Wildman–Crippen LogP) is 2.98. The van der Waals surface area contributed by atoms with Crippen molar-refractivity contribution >= 4 is 35.0 Å². The molecule has 0 unspecified atom stereocenters. The highest BCUT2D eigenvalue weighted by Gasteiger charge is 2.24. The molecule has 2 aromatic carbocycles. The summed E-state index contributed by atoms with van der Waals surface area (Å²) in [5, 5.41) is 15.5. The molecule has 2 aromatic rings. The lowest BCUT2D eigenvalue weighted by molar-refractivity contribution is 0.0364. The first-order valence-corrected chi connectivity index (χ1v) is 11.5. The second-order valence-corrected chi connectivity index (χ2v) is 8.67. The minimum absolute atomic E-state index is 0.159. The van der Waals surface area contributed by atoms with Gasteiger partial charge in [0.2, 0.25) is 0 Å². The van der Waals surface area contributed by atoms with Crippen LogP contribution in [0.4, 0.5) is 16.2 Å². The Bertz CT molecular complexity index is 967. The van der Waals surface area contributed by atoms with Crippen LogP contribution in [0, 0.1) is 5.92 Å². The molecule has 0 aliphatic carbocycles. The van der Waals surface area contributed by atoms with Crippen molar-refractivity contribution in [3.8, 4) is 5.75 Å². The summed E-state index contributed by atoms with van der Waals surface area (Å²) >= 11 is 6.07. The molecule has 0 aromatic heterocycles. The van der Waals surface area contributed by atoms with E-state index in [9.17, 15) is 14.7 Å². The van der Waals surface area contributed by atoms with Crippen molar-refractivity contribution in [3.63, 3.8) is 0 Å². The van der Waals surface area contributed by atoms with Crippen LogP contribution in [0.3, 0.4) is 0 Å². The molecule has 0 radical (unpaired) electrons. The number of aliphatic hydroxyl groups excluding tert-OH is 1. The number of amides is 2. The van der Waals surface area contributed by atoms with Gasteiger partial charge in [-0.05, 0) is 56.1 Å². The van der Waals surface area contributed by atoms with E-state index in [0.29, 0.717) is 30.2 Å². The van der Waals surface area contributed by atoms with Crippen molar-refractivity contribution in [2.24, 2.45) is 5.92 Å². The van der Waals surface area contributed by atoms with E-state index in [1.807, 2.05) is 18.2 Å². The normalized spacial score (nSPS) is 15.4. The maximum atomic E-state index is 12.4. The molecule has 184 valence electrons. The molecule has 10 heteroatoms. The molecule has 0 saturated carbocycles. The summed E-state index contributed by atoms with van der Waals surface area (Å²) in [5.41, 5.74) is 7.07. The molecule has 1 aliphatic heterocycles. The number of rotatable bonds is 9. The summed E-state index contributed by atoms with van der Waals surface area (Å²) in [6, 6.07) is 11.4. The van der Waals surface area contributed by atoms with Crippen LogP contribution in [-0.2, 0) is 4.74 Å². The topological polar surface area (TPSA) is 126 Å². The summed E-state index contributed by atoms with van der Waals surface area (Å²) < 4.78 is 10.6. The van der Waals surface area contributed by atoms with E-state index >= 15 is 0 Å². The molecule has 1 saturated heterocycles. The Hall–Kier alpha value is -3.01. The fourth-order valence-corrected chi connectivity index (χ4v) is 4.04. The molecule has 0 bridgehead atoms. The monoisotopic (exact) mass is 490 g/mol. The Morgan fingerprint density at radius 1 is 1.24 bits per heavy atom. The first-order valence-electron chi connectivity index (χ1n) is 11.2. The lowest BCUT2D eigenvalue weighted by Gasteiger charge is -2.33. The first kappa shape index (κ1) is 25.6. The molecule has 9 nitrogen and oxygen atoms in total. The van der Waals surface area contributed by atoms with E-state index in [0.717, 1.165) is 25.9 Å². The number of nitrogens with two attached hydrogens (primary N) is 1. The Labute approximate surface area is 204 Å². The largest absolute Gasteiger partial charge is 0.495 e. The minimum Gasteiger partial charge on any atom is -0.495 e. The molecule has 0 spiro atoms. The summed E-state index contributed by atoms with van der Waals surface area (Å²) in [4.78, 5) is 26.8. The number of benzene rings is 2. The van der Waals surface area contributed by atoms with Gasteiger partial charge in [-0.2, -0.15) is 0 Å². The van der Waals surface area contributed by atoms with Gasteiger partial charge in [-0.25, -0.2) is 9.59 Å². The van der Waals surface area contributed by atoms with Crippen LogP contribution >= 0.6 is 11.6 Å². The molecule has 3 rings (SSSR count). The Balaban J connectivity index is 1.41. The second-order valence-electron chi connectivity index (χ2n) is 8.26. The van der Waals surface area contributed by atoms with Gasteiger partial charge in [-0.15, -0.1) is 0 Å². The van der Waals surface area contributed by atoms with Crippen LogP contribution in [0.1, 0.15) is 23.2 Å². The van der Waals surface area contributed by atoms with Gasteiger partial charge in [0.1, 0.15) is 5.75 Å². The summed E-state index contributed by atoms with van der Waals surface area (Å²) in [6.45, 7) is 2.24. The number of nitrogen functional groups attached to an aromatic ring is 1. The maximum Gasteiger partial charge on any atom is 0.338 e. The van der Waals surface area contributed by atoms with Crippen LogP contribution in [-0.4, -0.2) is 68.0 Å². The van der Waals surface area contributed by atoms with Gasteiger partial charge in [-0.3, -0.25) is 0 Å². The number of methoxy groups -OCH3 is 1. The maximum absolute atomic E-state index is 12.4.